The molecule has 1 aliphatic carbocycles. The maximum absolute atomic E-state index is 13.4. The number of nitrogens with two attached hydrogens (primary N) is 1. The number of anilines is 1. The number of fused-ring (bicyclic) bond motifs is 1. The summed E-state index contributed by atoms with van der Waals surface area (Å²) in [4.78, 5) is 65.5. The van der Waals surface area contributed by atoms with E-state index < -0.39 is 29.2 Å². The Morgan fingerprint density at radius 2 is 1.88 bits per heavy atom. The number of aromatic nitrogens is 2. The number of likely N-dealkylation sites (tertiary alicyclic amines) is 1. The molecule has 3 amide bonds. The Balaban J connectivity index is 1.02. The van der Waals surface area contributed by atoms with E-state index >= 15 is 0 Å². The number of nitrogen functional groups attached to an aromatic ring is 1. The molecule has 1 aromatic carbocycles. The molecule has 4 aliphatic rings. The van der Waals surface area contributed by atoms with E-state index in [9.17, 15) is 24.3 Å². The van der Waals surface area contributed by atoms with E-state index in [2.05, 4.69) is 32.2 Å². The number of pyridine rings is 1. The number of hydrogen-bond donors (Lipinski definition) is 3. The van der Waals surface area contributed by atoms with Crippen LogP contribution in [0.3, 0.4) is 0 Å². The number of rotatable bonds is 11. The van der Waals surface area contributed by atoms with Crippen molar-refractivity contribution in [3.8, 4) is 0 Å². The standard InChI is InChI=1S/C35H35N7O6S2/c36-35-37-26(20-50-35)27(39-48-25-8-4-5-9-25)30(43)38-28-32(45)42-29(34(46)47)24(19-49-33(28)42)16-23-12-15-41(31(23)44)18-22-10-13-40(14-11-22)17-21-6-2-1-3-7-21/h1-3,6-7,10-11,13-14,16,20,25,28,33H,4-5,8-9,12,15,17-19H2,(H3-,36,37,38,43,46,47)/p+1/t28-,33-/m1/s1. The van der Waals surface area contributed by atoms with Gasteiger partial charge in [-0.25, -0.2) is 14.3 Å². The fourth-order valence-electron chi connectivity index (χ4n) is 6.56. The molecule has 0 bridgehead atoms. The number of nitrogens with one attached hydrogen (secondary N) is 1. The minimum absolute atomic E-state index is 0.0949. The van der Waals surface area contributed by atoms with Crippen LogP contribution in [-0.4, -0.2) is 79.1 Å². The molecule has 3 aliphatic heterocycles. The highest BCUT2D eigenvalue weighted by atomic mass is 32.2. The van der Waals surface area contributed by atoms with Crippen molar-refractivity contribution in [1.29, 1.82) is 0 Å². The molecule has 0 unspecified atom stereocenters. The monoisotopic (exact) mass is 714 g/mol. The van der Waals surface area contributed by atoms with Crippen molar-refractivity contribution in [2.45, 2.75) is 62.7 Å². The van der Waals surface area contributed by atoms with Gasteiger partial charge in [-0.1, -0.05) is 35.5 Å². The Bertz CT molecular complexity index is 1900. The number of oxime groups is 1. The van der Waals surface area contributed by atoms with E-state index in [1.165, 1.54) is 22.2 Å². The zero-order valence-corrected chi connectivity index (χ0v) is 28.7. The van der Waals surface area contributed by atoms with Crippen molar-refractivity contribution in [2.75, 3.05) is 18.0 Å². The number of β-lactam (4-membered cyclic amide) rings is 1. The van der Waals surface area contributed by atoms with Crippen molar-refractivity contribution in [1.82, 2.24) is 20.1 Å². The van der Waals surface area contributed by atoms with Crippen LogP contribution in [0, 0.1) is 0 Å². The number of carboxylic acids is 1. The van der Waals surface area contributed by atoms with Crippen LogP contribution in [0.25, 0.3) is 0 Å². The lowest BCUT2D eigenvalue weighted by atomic mass is 10.0. The maximum atomic E-state index is 13.4. The van der Waals surface area contributed by atoms with Crippen LogP contribution in [0.4, 0.5) is 5.13 Å². The van der Waals surface area contributed by atoms with E-state index in [1.807, 2.05) is 42.7 Å². The Labute approximate surface area is 296 Å². The SMILES string of the molecule is Nc1nc(C(=NOC2CCCC2)C(=O)N[C@@H]2C(=O)N3C(C(=O)O)=C(C=C4CCN(Cc5cc[n+](Cc6ccccc6)cc5)C4=O)CS[C@H]23)cs1. The molecule has 0 radical (unpaired) electrons. The number of hydrogen-bond acceptors (Lipinski definition) is 10. The lowest BCUT2D eigenvalue weighted by Gasteiger charge is -2.49. The van der Waals surface area contributed by atoms with Gasteiger partial charge in [-0.05, 0) is 49.3 Å². The Hall–Kier alpha value is -5.02. The highest BCUT2D eigenvalue weighted by molar-refractivity contribution is 8.00. The quantitative estimate of drug-likeness (QED) is 0.0889. The molecule has 2 atom stereocenters. The van der Waals surface area contributed by atoms with Crippen LogP contribution in [0.1, 0.15) is 48.9 Å². The van der Waals surface area contributed by atoms with Crippen LogP contribution in [0.15, 0.2) is 88.3 Å². The minimum atomic E-state index is -1.28. The zero-order valence-electron chi connectivity index (χ0n) is 27.1. The number of aliphatic carboxylic acids is 1. The molecule has 1 saturated carbocycles. The highest BCUT2D eigenvalue weighted by Crippen LogP contribution is 2.41. The number of carbonyl (C=O) groups excluding carboxylic acids is 3. The van der Waals surface area contributed by atoms with Crippen molar-refractivity contribution < 1.29 is 33.7 Å². The van der Waals surface area contributed by atoms with Gasteiger partial charge in [0.2, 0.25) is 5.91 Å². The molecule has 3 fully saturated rings. The van der Waals surface area contributed by atoms with E-state index in [0.29, 0.717) is 30.7 Å². The Morgan fingerprint density at radius 1 is 1.12 bits per heavy atom. The number of thiazole rings is 1. The first-order chi connectivity index (χ1) is 24.2. The van der Waals surface area contributed by atoms with Gasteiger partial charge in [0, 0.05) is 47.5 Å². The number of amides is 3. The van der Waals surface area contributed by atoms with Crippen molar-refractivity contribution in [2.24, 2.45) is 5.16 Å². The molecule has 0 spiro atoms. The van der Waals surface area contributed by atoms with Gasteiger partial charge in [-0.3, -0.25) is 19.3 Å². The van der Waals surface area contributed by atoms with Gasteiger partial charge >= 0.3 is 5.97 Å². The van der Waals surface area contributed by atoms with Crippen LogP contribution in [0.2, 0.25) is 0 Å². The molecule has 4 N–H and O–H groups in total. The largest absolute Gasteiger partial charge is 0.477 e. The zero-order chi connectivity index (χ0) is 34.8. The molecule has 13 nitrogen and oxygen atoms in total. The fourth-order valence-corrected chi connectivity index (χ4v) is 8.41. The number of allylic oxidation sites excluding steroid dienone is 1. The predicted octanol–water partition coefficient (Wildman–Crippen LogP) is 2.82. The van der Waals surface area contributed by atoms with E-state index in [1.54, 1.807) is 16.4 Å². The maximum Gasteiger partial charge on any atom is 0.352 e. The van der Waals surface area contributed by atoms with E-state index in [4.69, 9.17) is 10.6 Å². The summed E-state index contributed by atoms with van der Waals surface area (Å²) in [6.07, 6.45) is 9.66. The second-order valence-corrected chi connectivity index (χ2v) is 14.6. The summed E-state index contributed by atoms with van der Waals surface area (Å²) in [7, 11) is 0. The lowest BCUT2D eigenvalue weighted by Crippen LogP contribution is -2.71. The summed E-state index contributed by atoms with van der Waals surface area (Å²) in [5.74, 6) is -2.42. The van der Waals surface area contributed by atoms with Gasteiger partial charge in [-0.2, -0.15) is 0 Å². The second kappa shape index (κ2) is 14.5. The molecule has 50 heavy (non-hydrogen) atoms. The van der Waals surface area contributed by atoms with E-state index in [-0.39, 0.29) is 40.0 Å². The summed E-state index contributed by atoms with van der Waals surface area (Å²) >= 11 is 2.47. The van der Waals surface area contributed by atoms with Crippen molar-refractivity contribution in [3.05, 3.63) is 100.0 Å². The van der Waals surface area contributed by atoms with Gasteiger partial charge in [0.1, 0.15) is 28.9 Å². The summed E-state index contributed by atoms with van der Waals surface area (Å²) in [6, 6.07) is 13.2. The molecule has 15 heteroatoms. The normalized spacial score (nSPS) is 21.8. The number of carboxylic acid groups (broad SMARTS) is 1. The number of carbonyl (C=O) groups is 4. The van der Waals surface area contributed by atoms with Crippen molar-refractivity contribution >= 4 is 57.6 Å². The number of nitrogens with zero attached hydrogens (tertiary/aromatic N) is 5. The summed E-state index contributed by atoms with van der Waals surface area (Å²) < 4.78 is 2.08. The van der Waals surface area contributed by atoms with Crippen molar-refractivity contribution in [3.63, 3.8) is 0 Å². The molecule has 3 aromatic rings. The summed E-state index contributed by atoms with van der Waals surface area (Å²) in [6.45, 7) is 1.68. The Morgan fingerprint density at radius 3 is 2.58 bits per heavy atom. The summed E-state index contributed by atoms with van der Waals surface area (Å²) in [5.41, 5.74) is 8.82. The average molecular weight is 715 g/mol. The molecule has 7 rings (SSSR count). The highest BCUT2D eigenvalue weighted by Gasteiger charge is 2.54. The first kappa shape index (κ1) is 33.5. The molecular formula is C35H36N7O6S2+. The first-order valence-corrected chi connectivity index (χ1v) is 18.4. The third-order valence-electron chi connectivity index (χ3n) is 9.16. The van der Waals surface area contributed by atoms with Crippen LogP contribution >= 0.6 is 23.1 Å². The smallest absolute Gasteiger partial charge is 0.352 e. The molecule has 2 saturated heterocycles. The molecule has 258 valence electrons. The topological polar surface area (TPSA) is 171 Å². The van der Waals surface area contributed by atoms with Crippen LogP contribution in [-0.2, 0) is 37.1 Å². The fraction of sp³-hybridized carbons (Fsp3) is 0.343. The third kappa shape index (κ3) is 7.01. The van der Waals surface area contributed by atoms with Crippen LogP contribution < -0.4 is 15.6 Å². The number of benzene rings is 1. The van der Waals surface area contributed by atoms with Gasteiger partial charge in [-0.15, -0.1) is 23.1 Å². The first-order valence-electron chi connectivity index (χ1n) is 16.4. The van der Waals surface area contributed by atoms with Gasteiger partial charge < -0.3 is 25.9 Å². The summed E-state index contributed by atoms with van der Waals surface area (Å²) in [5, 5.41) is 18.2. The van der Waals surface area contributed by atoms with Gasteiger partial charge in [0.25, 0.3) is 11.8 Å². The molecule has 5 heterocycles. The predicted molar refractivity (Wildman–Crippen MR) is 186 cm³/mol. The third-order valence-corrected chi connectivity index (χ3v) is 11.1. The lowest BCUT2D eigenvalue weighted by molar-refractivity contribution is -0.688. The number of thioether (sulfide) groups is 1. The molecule has 2 aromatic heterocycles. The Kier molecular flexibility index (Phi) is 9.68. The minimum Gasteiger partial charge on any atom is -0.477 e. The average Bonchev–Trinajstić information content (AvgIpc) is 3.88. The molecular weight excluding hydrogens is 679 g/mol. The van der Waals surface area contributed by atoms with E-state index in [0.717, 1.165) is 49.1 Å². The van der Waals surface area contributed by atoms with Gasteiger partial charge in [0.05, 0.1) is 0 Å². The van der Waals surface area contributed by atoms with Crippen LogP contribution in [0.5, 0.6) is 0 Å². The van der Waals surface area contributed by atoms with Gasteiger partial charge in [0.15, 0.2) is 29.8 Å². The second-order valence-electron chi connectivity index (χ2n) is 12.6.